The normalized spacial score (nSPS) is 11.3. The number of rotatable bonds is 5. The van der Waals surface area contributed by atoms with E-state index < -0.39 is 10.0 Å². The Labute approximate surface area is 151 Å². The van der Waals surface area contributed by atoms with Crippen LogP contribution >= 0.6 is 0 Å². The van der Waals surface area contributed by atoms with Gasteiger partial charge < -0.3 is 4.42 Å². The molecule has 1 aromatic heterocycles. The van der Waals surface area contributed by atoms with E-state index in [1.165, 1.54) is 25.1 Å². The molecule has 26 heavy (non-hydrogen) atoms. The van der Waals surface area contributed by atoms with Crippen LogP contribution in [0.4, 0.5) is 5.69 Å². The highest BCUT2D eigenvalue weighted by molar-refractivity contribution is 7.92. The number of oxazole rings is 1. The number of hydrogen-bond acceptors (Lipinski definition) is 5. The molecule has 2 aromatic carbocycles. The number of nitrogens with one attached hydrogen (secondary N) is 1. The van der Waals surface area contributed by atoms with E-state index in [1.54, 1.807) is 37.3 Å². The summed E-state index contributed by atoms with van der Waals surface area (Å²) in [5.74, 6) is 1.10. The molecule has 0 aliphatic heterocycles. The minimum absolute atomic E-state index is 0.118. The molecular formula is C19H18N2O4S. The lowest BCUT2D eigenvalue weighted by molar-refractivity contribution is 0.101. The maximum Gasteiger partial charge on any atom is 0.261 e. The van der Waals surface area contributed by atoms with Crippen molar-refractivity contribution < 1.29 is 17.6 Å². The molecule has 0 aliphatic rings. The van der Waals surface area contributed by atoms with Gasteiger partial charge in [0.25, 0.3) is 10.0 Å². The Balaban J connectivity index is 1.87. The second kappa shape index (κ2) is 6.76. The first-order valence-corrected chi connectivity index (χ1v) is 9.43. The largest absolute Gasteiger partial charge is 0.446 e. The van der Waals surface area contributed by atoms with E-state index >= 15 is 0 Å². The van der Waals surface area contributed by atoms with Crippen LogP contribution in [-0.2, 0) is 10.0 Å². The molecule has 0 spiro atoms. The molecule has 0 fully saturated rings. The molecule has 0 saturated carbocycles. The van der Waals surface area contributed by atoms with Crippen LogP contribution in [0, 0.1) is 13.8 Å². The zero-order valence-electron chi connectivity index (χ0n) is 14.6. The van der Waals surface area contributed by atoms with Crippen molar-refractivity contribution in [2.45, 2.75) is 25.7 Å². The van der Waals surface area contributed by atoms with Crippen LogP contribution in [0.3, 0.4) is 0 Å². The maximum atomic E-state index is 12.6. The zero-order chi connectivity index (χ0) is 18.9. The highest BCUT2D eigenvalue weighted by Crippen LogP contribution is 2.25. The second-order valence-electron chi connectivity index (χ2n) is 5.90. The summed E-state index contributed by atoms with van der Waals surface area (Å²) < 4.78 is 33.0. The van der Waals surface area contributed by atoms with Gasteiger partial charge in [0.2, 0.25) is 0 Å². The zero-order valence-corrected chi connectivity index (χ0v) is 15.4. The van der Waals surface area contributed by atoms with Crippen LogP contribution in [0.25, 0.3) is 11.3 Å². The van der Waals surface area contributed by atoms with Gasteiger partial charge in [-0.15, -0.1) is 0 Å². The van der Waals surface area contributed by atoms with Crippen LogP contribution in [0.5, 0.6) is 0 Å². The highest BCUT2D eigenvalue weighted by atomic mass is 32.2. The minimum Gasteiger partial charge on any atom is -0.446 e. The molecular weight excluding hydrogens is 352 g/mol. The predicted octanol–water partition coefficient (Wildman–Crippen LogP) is 3.96. The number of sulfonamides is 1. The Bertz CT molecular complexity index is 1070. The molecule has 3 rings (SSSR count). The molecule has 0 radical (unpaired) electrons. The van der Waals surface area contributed by atoms with Crippen molar-refractivity contribution in [3.63, 3.8) is 0 Å². The SMILES string of the molecule is CC(=O)c1cccc(NS(=O)(=O)c2ccc(-c3nc(C)oc3C)cc2)c1. The number of carbonyl (C=O) groups is 1. The summed E-state index contributed by atoms with van der Waals surface area (Å²) in [6.07, 6.45) is 0. The number of hydrogen-bond donors (Lipinski definition) is 1. The van der Waals surface area contributed by atoms with Crippen molar-refractivity contribution in [1.82, 2.24) is 4.98 Å². The Morgan fingerprint density at radius 3 is 2.35 bits per heavy atom. The van der Waals surface area contributed by atoms with Gasteiger partial charge >= 0.3 is 0 Å². The lowest BCUT2D eigenvalue weighted by Gasteiger charge is -2.09. The molecule has 0 unspecified atom stereocenters. The Kier molecular flexibility index (Phi) is 4.65. The van der Waals surface area contributed by atoms with Gasteiger partial charge in [0.05, 0.1) is 4.90 Å². The van der Waals surface area contributed by atoms with Gasteiger partial charge in [-0.25, -0.2) is 13.4 Å². The fraction of sp³-hybridized carbons (Fsp3) is 0.158. The van der Waals surface area contributed by atoms with Crippen molar-refractivity contribution in [2.75, 3.05) is 4.72 Å². The predicted molar refractivity (Wildman–Crippen MR) is 98.7 cm³/mol. The number of nitrogens with zero attached hydrogens (tertiary/aromatic N) is 1. The molecule has 7 heteroatoms. The van der Waals surface area contributed by atoms with E-state index in [9.17, 15) is 13.2 Å². The number of benzene rings is 2. The number of aryl methyl sites for hydroxylation is 2. The molecule has 0 bridgehead atoms. The van der Waals surface area contributed by atoms with E-state index in [0.717, 1.165) is 5.56 Å². The van der Waals surface area contributed by atoms with Crippen molar-refractivity contribution in [1.29, 1.82) is 0 Å². The first-order valence-electron chi connectivity index (χ1n) is 7.94. The molecule has 1 N–H and O–H groups in total. The van der Waals surface area contributed by atoms with E-state index in [0.29, 0.717) is 28.6 Å². The van der Waals surface area contributed by atoms with Gasteiger partial charge in [0.1, 0.15) is 11.5 Å². The summed E-state index contributed by atoms with van der Waals surface area (Å²) >= 11 is 0. The number of Topliss-reactive ketones (excluding diaryl/α,β-unsaturated/α-hetero) is 1. The topological polar surface area (TPSA) is 89.3 Å². The maximum absolute atomic E-state index is 12.6. The molecule has 134 valence electrons. The lowest BCUT2D eigenvalue weighted by Crippen LogP contribution is -2.13. The Morgan fingerprint density at radius 2 is 1.77 bits per heavy atom. The minimum atomic E-state index is -3.76. The van der Waals surface area contributed by atoms with E-state index in [2.05, 4.69) is 9.71 Å². The fourth-order valence-corrected chi connectivity index (χ4v) is 3.65. The number of aromatic nitrogens is 1. The second-order valence-corrected chi connectivity index (χ2v) is 7.59. The third-order valence-corrected chi connectivity index (χ3v) is 5.26. The molecule has 1 heterocycles. The smallest absolute Gasteiger partial charge is 0.261 e. The number of ketones is 1. The Morgan fingerprint density at radius 1 is 1.08 bits per heavy atom. The summed E-state index contributed by atoms with van der Waals surface area (Å²) in [5, 5.41) is 0. The average Bonchev–Trinajstić information content (AvgIpc) is 2.93. The first kappa shape index (κ1) is 17.9. The van der Waals surface area contributed by atoms with Crippen molar-refractivity contribution in [3.8, 4) is 11.3 Å². The van der Waals surface area contributed by atoms with Gasteiger partial charge in [-0.1, -0.05) is 24.3 Å². The van der Waals surface area contributed by atoms with Crippen LogP contribution in [0.15, 0.2) is 57.8 Å². The first-order chi connectivity index (χ1) is 12.3. The molecule has 3 aromatic rings. The van der Waals surface area contributed by atoms with E-state index in [1.807, 2.05) is 6.92 Å². The van der Waals surface area contributed by atoms with Gasteiger partial charge in [0, 0.05) is 23.7 Å². The fourth-order valence-electron chi connectivity index (χ4n) is 2.60. The Hall–Kier alpha value is -2.93. The van der Waals surface area contributed by atoms with Crippen molar-refractivity contribution in [3.05, 3.63) is 65.7 Å². The van der Waals surface area contributed by atoms with Gasteiger partial charge in [-0.3, -0.25) is 9.52 Å². The standard InChI is InChI=1S/C19H18N2O4S/c1-12(22)16-5-4-6-17(11-16)21-26(23,24)18-9-7-15(8-10-18)19-13(2)25-14(3)20-19/h4-11,21H,1-3H3. The average molecular weight is 370 g/mol. The monoisotopic (exact) mass is 370 g/mol. The molecule has 6 nitrogen and oxygen atoms in total. The molecule has 0 aliphatic carbocycles. The van der Waals surface area contributed by atoms with E-state index in [-0.39, 0.29) is 10.7 Å². The van der Waals surface area contributed by atoms with E-state index in [4.69, 9.17) is 4.42 Å². The number of carbonyl (C=O) groups excluding carboxylic acids is 1. The van der Waals surface area contributed by atoms with Crippen LogP contribution in [0.1, 0.15) is 28.9 Å². The van der Waals surface area contributed by atoms with Crippen molar-refractivity contribution >= 4 is 21.5 Å². The van der Waals surface area contributed by atoms with Gasteiger partial charge in [-0.2, -0.15) is 0 Å². The summed E-state index contributed by atoms with van der Waals surface area (Å²) in [7, 11) is -3.76. The highest BCUT2D eigenvalue weighted by Gasteiger charge is 2.16. The lowest BCUT2D eigenvalue weighted by atomic mass is 10.1. The summed E-state index contributed by atoms with van der Waals surface area (Å²) in [6, 6.07) is 12.8. The summed E-state index contributed by atoms with van der Waals surface area (Å²) in [5.41, 5.74) is 2.24. The number of anilines is 1. The van der Waals surface area contributed by atoms with Crippen LogP contribution in [-0.4, -0.2) is 19.2 Å². The van der Waals surface area contributed by atoms with Gasteiger partial charge in [0.15, 0.2) is 11.7 Å². The van der Waals surface area contributed by atoms with Gasteiger partial charge in [-0.05, 0) is 38.1 Å². The van der Waals surface area contributed by atoms with Crippen LogP contribution < -0.4 is 4.72 Å². The van der Waals surface area contributed by atoms with Crippen molar-refractivity contribution in [2.24, 2.45) is 0 Å². The molecule has 0 amide bonds. The third kappa shape index (κ3) is 3.67. The van der Waals surface area contributed by atoms with Crippen LogP contribution in [0.2, 0.25) is 0 Å². The summed E-state index contributed by atoms with van der Waals surface area (Å²) in [6.45, 7) is 5.00. The molecule has 0 saturated heterocycles. The molecule has 0 atom stereocenters. The third-order valence-electron chi connectivity index (χ3n) is 3.86. The quantitative estimate of drug-likeness (QED) is 0.687. The summed E-state index contributed by atoms with van der Waals surface area (Å²) in [4.78, 5) is 15.9.